The van der Waals surface area contributed by atoms with Gasteiger partial charge in [0, 0.05) is 23.7 Å². The summed E-state index contributed by atoms with van der Waals surface area (Å²) in [5, 5.41) is 7.01. The first-order valence-corrected chi connectivity index (χ1v) is 7.42. The molecule has 3 rings (SSSR count). The van der Waals surface area contributed by atoms with E-state index in [1.54, 1.807) is 0 Å². The van der Waals surface area contributed by atoms with E-state index in [9.17, 15) is 0 Å². The second kappa shape index (κ2) is 5.70. The summed E-state index contributed by atoms with van der Waals surface area (Å²) in [6.07, 6.45) is 0. The first-order chi connectivity index (χ1) is 10.2. The van der Waals surface area contributed by atoms with Crippen LogP contribution < -0.4 is 5.73 Å². The van der Waals surface area contributed by atoms with Gasteiger partial charge in [-0.1, -0.05) is 48.5 Å². The summed E-state index contributed by atoms with van der Waals surface area (Å²) in [6.45, 7) is 5.79. The molecule has 2 aromatic carbocycles. The fourth-order valence-electron chi connectivity index (χ4n) is 2.59. The molecule has 0 fully saturated rings. The van der Waals surface area contributed by atoms with Gasteiger partial charge in [-0.25, -0.2) is 0 Å². The fourth-order valence-corrected chi connectivity index (χ4v) is 2.59. The lowest BCUT2D eigenvalue weighted by Gasteiger charge is -2.30. The molecule has 0 unspecified atom stereocenters. The minimum Gasteiger partial charge on any atom is -0.326 e. The highest BCUT2D eigenvalue weighted by Gasteiger charge is 2.21. The predicted molar refractivity (Wildman–Crippen MR) is 87.1 cm³/mol. The molecule has 108 valence electrons. The van der Waals surface area contributed by atoms with Crippen molar-refractivity contribution in [1.82, 2.24) is 5.01 Å². The summed E-state index contributed by atoms with van der Waals surface area (Å²) in [6, 6.07) is 17.3. The molecule has 0 amide bonds. The van der Waals surface area contributed by atoms with Crippen LogP contribution in [0.1, 0.15) is 36.1 Å². The quantitative estimate of drug-likeness (QED) is 0.938. The molecule has 0 saturated carbocycles. The van der Waals surface area contributed by atoms with Gasteiger partial charge in [0.25, 0.3) is 0 Å². The summed E-state index contributed by atoms with van der Waals surface area (Å²) in [4.78, 5) is 0. The second-order valence-corrected chi connectivity index (χ2v) is 5.70. The number of hydrogen-bond donors (Lipinski definition) is 1. The number of nitrogens with two attached hydrogens (primary N) is 1. The number of nitrogens with zero attached hydrogens (tertiary/aromatic N) is 2. The van der Waals surface area contributed by atoms with Gasteiger partial charge in [-0.3, -0.25) is 5.01 Å². The number of benzene rings is 2. The van der Waals surface area contributed by atoms with Crippen LogP contribution in [0.25, 0.3) is 0 Å². The Morgan fingerprint density at radius 1 is 1.10 bits per heavy atom. The highest BCUT2D eigenvalue weighted by Crippen LogP contribution is 2.24. The second-order valence-electron chi connectivity index (χ2n) is 5.70. The molecule has 1 heterocycles. The topological polar surface area (TPSA) is 41.6 Å². The normalized spacial score (nSPS) is 14.1. The summed E-state index contributed by atoms with van der Waals surface area (Å²) in [5.74, 6) is 0. The van der Waals surface area contributed by atoms with Crippen LogP contribution in [0.15, 0.2) is 53.6 Å². The molecule has 2 N–H and O–H groups in total. The van der Waals surface area contributed by atoms with Crippen molar-refractivity contribution in [2.24, 2.45) is 10.8 Å². The average molecular weight is 279 g/mol. The van der Waals surface area contributed by atoms with E-state index in [0.717, 1.165) is 23.4 Å². The van der Waals surface area contributed by atoms with Crippen molar-refractivity contribution < 1.29 is 0 Å². The Morgan fingerprint density at radius 2 is 1.81 bits per heavy atom. The van der Waals surface area contributed by atoms with Gasteiger partial charge in [0.05, 0.1) is 12.3 Å². The number of hydrazone groups is 1. The monoisotopic (exact) mass is 279 g/mol. The van der Waals surface area contributed by atoms with Crippen LogP contribution in [0.2, 0.25) is 0 Å². The molecule has 3 nitrogen and oxygen atoms in total. The van der Waals surface area contributed by atoms with E-state index in [4.69, 9.17) is 10.8 Å². The Hall–Kier alpha value is -2.13. The predicted octanol–water partition coefficient (Wildman–Crippen LogP) is 3.12. The molecule has 0 aromatic heterocycles. The molecule has 0 radical (unpaired) electrons. The molecule has 21 heavy (non-hydrogen) atoms. The summed E-state index contributed by atoms with van der Waals surface area (Å²) >= 11 is 0. The summed E-state index contributed by atoms with van der Waals surface area (Å²) in [7, 11) is 0. The van der Waals surface area contributed by atoms with Crippen LogP contribution in [0, 0.1) is 0 Å². The van der Waals surface area contributed by atoms with Crippen molar-refractivity contribution in [2.75, 3.05) is 0 Å². The van der Waals surface area contributed by atoms with E-state index in [-0.39, 0.29) is 0 Å². The zero-order valence-electron chi connectivity index (χ0n) is 12.6. The smallest absolute Gasteiger partial charge is 0.0979 e. The maximum Gasteiger partial charge on any atom is 0.0979 e. The van der Waals surface area contributed by atoms with Gasteiger partial charge in [0.15, 0.2) is 0 Å². The number of rotatable bonds is 3. The molecule has 1 aliphatic heterocycles. The van der Waals surface area contributed by atoms with Crippen molar-refractivity contribution in [3.63, 3.8) is 0 Å². The van der Waals surface area contributed by atoms with Crippen LogP contribution >= 0.6 is 0 Å². The molecule has 3 heteroatoms. The first kappa shape index (κ1) is 13.8. The van der Waals surface area contributed by atoms with Crippen LogP contribution in [-0.2, 0) is 13.1 Å². The number of hydrogen-bond acceptors (Lipinski definition) is 3. The lowest BCUT2D eigenvalue weighted by molar-refractivity contribution is 0.220. The Kier molecular flexibility index (Phi) is 3.76. The zero-order chi connectivity index (χ0) is 14.8. The Morgan fingerprint density at radius 3 is 2.48 bits per heavy atom. The first-order valence-electron chi connectivity index (χ1n) is 7.42. The molecule has 0 aliphatic carbocycles. The Balaban J connectivity index is 2.07. The van der Waals surface area contributed by atoms with E-state index in [2.05, 4.69) is 67.4 Å². The lowest BCUT2D eigenvalue weighted by atomic mass is 9.95. The molecular weight excluding hydrogens is 258 g/mol. The van der Waals surface area contributed by atoms with Gasteiger partial charge in [0.1, 0.15) is 0 Å². The van der Waals surface area contributed by atoms with Crippen LogP contribution in [0.4, 0.5) is 0 Å². The van der Waals surface area contributed by atoms with Crippen molar-refractivity contribution in [3.8, 4) is 0 Å². The van der Waals surface area contributed by atoms with Crippen molar-refractivity contribution in [2.45, 2.75) is 33.0 Å². The molecule has 0 spiro atoms. The highest BCUT2D eigenvalue weighted by molar-refractivity contribution is 6.14. The van der Waals surface area contributed by atoms with Crippen LogP contribution in [0.5, 0.6) is 0 Å². The maximum atomic E-state index is 5.68. The zero-order valence-corrected chi connectivity index (χ0v) is 12.6. The van der Waals surface area contributed by atoms with Crippen molar-refractivity contribution >= 4 is 5.71 Å². The third-order valence-corrected chi connectivity index (χ3v) is 3.89. The Bertz CT molecular complexity index is 656. The standard InChI is InChI=1S/C18H21N3/c1-13(2)21-12-16-5-3-4-6-17(16)18(20-21)15-9-7-14(11-19)8-10-15/h3-10,13H,11-12,19H2,1-2H3. The lowest BCUT2D eigenvalue weighted by Crippen LogP contribution is -2.31. The molecular formula is C18H21N3. The largest absolute Gasteiger partial charge is 0.326 e. The van der Waals surface area contributed by atoms with E-state index in [0.29, 0.717) is 12.6 Å². The SMILES string of the molecule is CC(C)N1Cc2ccccc2C(c2ccc(CN)cc2)=N1. The van der Waals surface area contributed by atoms with Crippen molar-refractivity contribution in [1.29, 1.82) is 0 Å². The van der Waals surface area contributed by atoms with Gasteiger partial charge >= 0.3 is 0 Å². The van der Waals surface area contributed by atoms with Crippen LogP contribution in [-0.4, -0.2) is 16.8 Å². The molecule has 0 saturated heterocycles. The van der Waals surface area contributed by atoms with Gasteiger partial charge in [-0.15, -0.1) is 0 Å². The van der Waals surface area contributed by atoms with E-state index >= 15 is 0 Å². The van der Waals surface area contributed by atoms with Gasteiger partial charge in [0.2, 0.25) is 0 Å². The van der Waals surface area contributed by atoms with Crippen LogP contribution in [0.3, 0.4) is 0 Å². The fraction of sp³-hybridized carbons (Fsp3) is 0.278. The summed E-state index contributed by atoms with van der Waals surface area (Å²) in [5.41, 5.74) is 11.6. The van der Waals surface area contributed by atoms with Gasteiger partial charge < -0.3 is 5.73 Å². The minimum atomic E-state index is 0.386. The summed E-state index contributed by atoms with van der Waals surface area (Å²) < 4.78 is 0. The van der Waals surface area contributed by atoms with Crippen molar-refractivity contribution in [3.05, 3.63) is 70.8 Å². The minimum absolute atomic E-state index is 0.386. The third kappa shape index (κ3) is 2.69. The maximum absolute atomic E-state index is 5.68. The van der Waals surface area contributed by atoms with Gasteiger partial charge in [-0.2, -0.15) is 5.10 Å². The third-order valence-electron chi connectivity index (χ3n) is 3.89. The molecule has 0 atom stereocenters. The Labute approximate surface area is 126 Å². The highest BCUT2D eigenvalue weighted by atomic mass is 15.5. The van der Waals surface area contributed by atoms with E-state index in [1.165, 1.54) is 11.1 Å². The van der Waals surface area contributed by atoms with E-state index in [1.807, 2.05) is 0 Å². The molecule has 1 aliphatic rings. The van der Waals surface area contributed by atoms with Gasteiger partial charge in [-0.05, 0) is 25.0 Å². The molecule has 2 aromatic rings. The average Bonchev–Trinajstić information content (AvgIpc) is 2.54. The van der Waals surface area contributed by atoms with E-state index < -0.39 is 0 Å². The molecule has 0 bridgehead atoms. The number of fused-ring (bicyclic) bond motifs is 1.